The lowest BCUT2D eigenvalue weighted by Gasteiger charge is -2.08. The number of nitrogens with one attached hydrogen (secondary N) is 1. The maximum absolute atomic E-state index is 12.9. The van der Waals surface area contributed by atoms with Crippen LogP contribution >= 0.6 is 0 Å². The molecule has 116 valence electrons. The van der Waals surface area contributed by atoms with Crippen LogP contribution in [-0.4, -0.2) is 25.5 Å². The van der Waals surface area contributed by atoms with Crippen LogP contribution in [0.4, 0.5) is 15.9 Å². The van der Waals surface area contributed by atoms with E-state index < -0.39 is 0 Å². The van der Waals surface area contributed by atoms with Gasteiger partial charge >= 0.3 is 0 Å². The highest BCUT2D eigenvalue weighted by Gasteiger charge is 2.12. The number of benzene rings is 1. The molecule has 3 aromatic rings. The van der Waals surface area contributed by atoms with Crippen LogP contribution in [0.2, 0.25) is 0 Å². The number of nitrogens with zero attached hydrogens (tertiary/aromatic N) is 4. The summed E-state index contributed by atoms with van der Waals surface area (Å²) in [5.41, 5.74) is 1.97. The van der Waals surface area contributed by atoms with E-state index in [0.29, 0.717) is 28.6 Å². The van der Waals surface area contributed by atoms with Crippen molar-refractivity contribution in [3.63, 3.8) is 0 Å². The Hall–Kier alpha value is -3.09. The lowest BCUT2D eigenvalue weighted by Crippen LogP contribution is -2.05. The fourth-order valence-electron chi connectivity index (χ4n) is 2.20. The van der Waals surface area contributed by atoms with E-state index in [0.717, 1.165) is 0 Å². The number of carbonyl (C=O) groups is 1. The van der Waals surface area contributed by atoms with Crippen molar-refractivity contribution in [2.75, 3.05) is 5.32 Å². The average molecular weight is 311 g/mol. The van der Waals surface area contributed by atoms with Crippen LogP contribution in [0.5, 0.6) is 0 Å². The van der Waals surface area contributed by atoms with Crippen molar-refractivity contribution in [3.05, 3.63) is 59.9 Å². The van der Waals surface area contributed by atoms with E-state index in [2.05, 4.69) is 20.4 Å². The van der Waals surface area contributed by atoms with Gasteiger partial charge in [-0.15, -0.1) is 0 Å². The third-order valence-electron chi connectivity index (χ3n) is 3.38. The smallest absolute Gasteiger partial charge is 0.163 e. The Bertz CT molecular complexity index is 857. The van der Waals surface area contributed by atoms with Crippen LogP contribution in [0.3, 0.4) is 0 Å². The standard InChI is InChI=1S/C16H14FN5O/c1-10-14(11(2)23)8-20-22(10)16-7-15(18-9-19-16)21-13-5-3-12(17)4-6-13/h3-9H,1-2H3,(H,18,19,21). The first-order valence-electron chi connectivity index (χ1n) is 6.95. The maximum atomic E-state index is 12.9. The van der Waals surface area contributed by atoms with Crippen molar-refractivity contribution >= 4 is 17.3 Å². The molecule has 0 aliphatic heterocycles. The molecule has 6 nitrogen and oxygen atoms in total. The highest BCUT2D eigenvalue weighted by Crippen LogP contribution is 2.18. The highest BCUT2D eigenvalue weighted by molar-refractivity contribution is 5.95. The molecular formula is C16H14FN5O. The molecule has 2 heterocycles. The monoisotopic (exact) mass is 311 g/mol. The van der Waals surface area contributed by atoms with E-state index in [1.807, 2.05) is 0 Å². The molecule has 3 rings (SSSR count). The summed E-state index contributed by atoms with van der Waals surface area (Å²) in [6.07, 6.45) is 2.92. The molecule has 0 fully saturated rings. The van der Waals surface area contributed by atoms with Crippen molar-refractivity contribution in [3.8, 4) is 5.82 Å². The van der Waals surface area contributed by atoms with E-state index in [4.69, 9.17) is 0 Å². The zero-order chi connectivity index (χ0) is 16.4. The van der Waals surface area contributed by atoms with Gasteiger partial charge in [0.2, 0.25) is 0 Å². The van der Waals surface area contributed by atoms with E-state index in [-0.39, 0.29) is 11.6 Å². The Morgan fingerprint density at radius 3 is 2.61 bits per heavy atom. The summed E-state index contributed by atoms with van der Waals surface area (Å²) >= 11 is 0. The van der Waals surface area contributed by atoms with Crippen LogP contribution in [0.15, 0.2) is 42.9 Å². The van der Waals surface area contributed by atoms with Gasteiger partial charge in [-0.1, -0.05) is 0 Å². The molecule has 0 aliphatic carbocycles. The Labute approximate surface area is 132 Å². The van der Waals surface area contributed by atoms with Gasteiger partial charge in [0.15, 0.2) is 11.6 Å². The fourth-order valence-corrected chi connectivity index (χ4v) is 2.20. The number of rotatable bonds is 4. The zero-order valence-corrected chi connectivity index (χ0v) is 12.6. The molecular weight excluding hydrogens is 297 g/mol. The van der Waals surface area contributed by atoms with Gasteiger partial charge in [0.1, 0.15) is 18.0 Å². The van der Waals surface area contributed by atoms with Gasteiger partial charge < -0.3 is 5.32 Å². The predicted molar refractivity (Wildman–Crippen MR) is 83.6 cm³/mol. The fraction of sp³-hybridized carbons (Fsp3) is 0.125. The second kappa shape index (κ2) is 5.96. The highest BCUT2D eigenvalue weighted by atomic mass is 19.1. The van der Waals surface area contributed by atoms with Crippen LogP contribution in [0.25, 0.3) is 5.82 Å². The second-order valence-electron chi connectivity index (χ2n) is 5.00. The number of aromatic nitrogens is 4. The summed E-state index contributed by atoms with van der Waals surface area (Å²) in [5, 5.41) is 7.26. The molecule has 1 N–H and O–H groups in total. The van der Waals surface area contributed by atoms with Crippen molar-refractivity contribution in [1.82, 2.24) is 19.7 Å². The molecule has 0 atom stereocenters. The Morgan fingerprint density at radius 1 is 1.22 bits per heavy atom. The van der Waals surface area contributed by atoms with Crippen LogP contribution in [0, 0.1) is 12.7 Å². The Balaban J connectivity index is 1.91. The van der Waals surface area contributed by atoms with Crippen LogP contribution < -0.4 is 5.32 Å². The normalized spacial score (nSPS) is 10.6. The lowest BCUT2D eigenvalue weighted by molar-refractivity contribution is 0.101. The molecule has 0 unspecified atom stereocenters. The largest absolute Gasteiger partial charge is 0.340 e. The third kappa shape index (κ3) is 3.08. The number of Topliss-reactive ketones (excluding diaryl/α,β-unsaturated/α-hetero) is 1. The molecule has 2 aromatic heterocycles. The molecule has 7 heteroatoms. The van der Waals surface area contributed by atoms with Crippen molar-refractivity contribution in [2.45, 2.75) is 13.8 Å². The number of carbonyl (C=O) groups excluding carboxylic acids is 1. The number of hydrogen-bond acceptors (Lipinski definition) is 5. The van der Waals surface area contributed by atoms with Gasteiger partial charge in [-0.3, -0.25) is 4.79 Å². The number of anilines is 2. The summed E-state index contributed by atoms with van der Waals surface area (Å²) in [6.45, 7) is 3.30. The number of ketones is 1. The average Bonchev–Trinajstić information content (AvgIpc) is 2.92. The molecule has 0 amide bonds. The van der Waals surface area contributed by atoms with E-state index in [1.54, 1.807) is 29.8 Å². The number of hydrogen-bond donors (Lipinski definition) is 1. The maximum Gasteiger partial charge on any atom is 0.163 e. The minimum atomic E-state index is -0.303. The first kappa shape index (κ1) is 14.8. The molecule has 0 radical (unpaired) electrons. The first-order chi connectivity index (χ1) is 11.0. The molecule has 23 heavy (non-hydrogen) atoms. The summed E-state index contributed by atoms with van der Waals surface area (Å²) < 4.78 is 14.5. The third-order valence-corrected chi connectivity index (χ3v) is 3.38. The van der Waals surface area contributed by atoms with Gasteiger partial charge in [0.25, 0.3) is 0 Å². The minimum absolute atomic E-state index is 0.0486. The summed E-state index contributed by atoms with van der Waals surface area (Å²) in [7, 11) is 0. The van der Waals surface area contributed by atoms with Crippen molar-refractivity contribution in [2.24, 2.45) is 0 Å². The first-order valence-corrected chi connectivity index (χ1v) is 6.95. The quantitative estimate of drug-likeness (QED) is 0.750. The van der Waals surface area contributed by atoms with Gasteiger partial charge in [-0.05, 0) is 38.1 Å². The topological polar surface area (TPSA) is 72.7 Å². The molecule has 0 aliphatic rings. The molecule has 1 aromatic carbocycles. The summed E-state index contributed by atoms with van der Waals surface area (Å²) in [5.74, 6) is 0.728. The van der Waals surface area contributed by atoms with E-state index in [9.17, 15) is 9.18 Å². The molecule has 0 bridgehead atoms. The van der Waals surface area contributed by atoms with Gasteiger partial charge in [-0.25, -0.2) is 19.0 Å². The van der Waals surface area contributed by atoms with Crippen molar-refractivity contribution < 1.29 is 9.18 Å². The zero-order valence-electron chi connectivity index (χ0n) is 12.6. The minimum Gasteiger partial charge on any atom is -0.340 e. The van der Waals surface area contributed by atoms with Crippen LogP contribution in [0.1, 0.15) is 23.0 Å². The van der Waals surface area contributed by atoms with Gasteiger partial charge in [-0.2, -0.15) is 5.10 Å². The summed E-state index contributed by atoms with van der Waals surface area (Å²) in [6, 6.07) is 7.66. The SMILES string of the molecule is CC(=O)c1cnn(-c2cc(Nc3ccc(F)cc3)ncn2)c1C. The molecule has 0 saturated carbocycles. The Kier molecular flexibility index (Phi) is 3.84. The van der Waals surface area contributed by atoms with E-state index >= 15 is 0 Å². The molecule has 0 spiro atoms. The predicted octanol–water partition coefficient (Wildman–Crippen LogP) is 3.06. The Morgan fingerprint density at radius 2 is 1.96 bits per heavy atom. The molecule has 0 saturated heterocycles. The second-order valence-corrected chi connectivity index (χ2v) is 5.00. The number of halogens is 1. The van der Waals surface area contributed by atoms with Gasteiger partial charge in [0.05, 0.1) is 17.5 Å². The summed E-state index contributed by atoms with van der Waals surface area (Å²) in [4.78, 5) is 19.8. The lowest BCUT2D eigenvalue weighted by atomic mass is 10.2. The van der Waals surface area contributed by atoms with E-state index in [1.165, 1.54) is 31.6 Å². The van der Waals surface area contributed by atoms with Crippen molar-refractivity contribution in [1.29, 1.82) is 0 Å². The van der Waals surface area contributed by atoms with Crippen LogP contribution in [-0.2, 0) is 0 Å². The van der Waals surface area contributed by atoms with Gasteiger partial charge in [0, 0.05) is 11.8 Å².